The van der Waals surface area contributed by atoms with Crippen molar-refractivity contribution in [2.75, 3.05) is 19.8 Å². The molecule has 66 heavy (non-hydrogen) atoms. The molecule has 7 rings (SSSR count). The maximum absolute atomic E-state index is 11.9. The molecular weight excluding hydrogens is 868 g/mol. The van der Waals surface area contributed by atoms with E-state index in [9.17, 15) is 33.6 Å². The number of hydrogen-bond acceptors (Lipinski definition) is 10. The molecule has 0 aliphatic heterocycles. The van der Waals surface area contributed by atoms with Gasteiger partial charge in [-0.1, -0.05) is 20.3 Å². The molecule has 0 radical (unpaired) electrons. The van der Waals surface area contributed by atoms with E-state index in [2.05, 4.69) is 21.1 Å². The average Bonchev–Trinajstić information content (AvgIpc) is 3.69. The number of hydrogen-bond donors (Lipinski definition) is 8. The molecular formula is C50H77ClN4O11. The molecule has 0 atom stereocenters. The maximum atomic E-state index is 11.9. The predicted molar refractivity (Wildman–Crippen MR) is 257 cm³/mol. The molecule has 16 heteroatoms. The first-order valence-electron chi connectivity index (χ1n) is 23.4. The van der Waals surface area contributed by atoms with Gasteiger partial charge in [-0.25, -0.2) is 0 Å². The Labute approximate surface area is 396 Å². The summed E-state index contributed by atoms with van der Waals surface area (Å²) in [6.07, 6.45) is 27.8. The SMILES string of the molecule is C.Cl.NCC(=O)CCC(=O)O.O=C(O)CCc1c[nH]c2c1C(=O)CCCC2.O=C1CCCCC(=O)C1.O=Cc1[nH]c2c(c1CCCO)CCCCC2.OCCCc1c[nH]c2c1CCCCC2. The first-order chi connectivity index (χ1) is 30.9. The molecule has 0 unspecified atom stereocenters. The second kappa shape index (κ2) is 33.7. The highest BCUT2D eigenvalue weighted by molar-refractivity contribution is 6.00. The molecule has 1 saturated carbocycles. The Kier molecular flexibility index (Phi) is 30.3. The summed E-state index contributed by atoms with van der Waals surface area (Å²) in [5.41, 5.74) is 16.5. The zero-order valence-electron chi connectivity index (χ0n) is 38.1. The number of aromatic amines is 3. The minimum absolute atomic E-state index is 0. The molecule has 3 aromatic rings. The number of rotatable bonds is 14. The fraction of sp³-hybridized carbons (Fsp3) is 0.620. The van der Waals surface area contributed by atoms with Crippen molar-refractivity contribution in [3.8, 4) is 0 Å². The topological polar surface area (TPSA) is 274 Å². The molecule has 0 spiro atoms. The molecule has 0 bridgehead atoms. The van der Waals surface area contributed by atoms with Crippen molar-refractivity contribution in [2.45, 2.75) is 181 Å². The van der Waals surface area contributed by atoms with E-state index in [1.165, 1.54) is 73.9 Å². The number of halogens is 1. The number of carboxylic acids is 2. The van der Waals surface area contributed by atoms with Crippen LogP contribution in [0.1, 0.15) is 195 Å². The summed E-state index contributed by atoms with van der Waals surface area (Å²) < 4.78 is 0. The Bertz CT molecular complexity index is 1950. The van der Waals surface area contributed by atoms with E-state index in [1.54, 1.807) is 11.8 Å². The number of aryl methyl sites for hydroxylation is 5. The van der Waals surface area contributed by atoms with Crippen LogP contribution in [-0.2, 0) is 75.3 Å². The number of carbonyl (C=O) groups excluding carboxylic acids is 5. The number of carbonyl (C=O) groups is 7. The number of nitrogens with one attached hydrogen (secondary N) is 3. The van der Waals surface area contributed by atoms with Crippen LogP contribution in [0.5, 0.6) is 0 Å². The first-order valence-corrected chi connectivity index (χ1v) is 23.4. The van der Waals surface area contributed by atoms with Gasteiger partial charge in [-0.05, 0) is 143 Å². The molecule has 4 aliphatic carbocycles. The van der Waals surface area contributed by atoms with Crippen molar-refractivity contribution in [2.24, 2.45) is 5.73 Å². The van der Waals surface area contributed by atoms with Gasteiger partial charge in [0, 0.05) is 80.4 Å². The smallest absolute Gasteiger partial charge is 0.303 e. The largest absolute Gasteiger partial charge is 0.481 e. The fourth-order valence-electron chi connectivity index (χ4n) is 8.54. The van der Waals surface area contributed by atoms with Gasteiger partial charge < -0.3 is 41.1 Å². The Morgan fingerprint density at radius 2 is 1.12 bits per heavy atom. The highest BCUT2D eigenvalue weighted by atomic mass is 35.5. The number of carboxylic acid groups (broad SMARTS) is 2. The number of aliphatic hydroxyl groups excluding tert-OH is 2. The van der Waals surface area contributed by atoms with Gasteiger partial charge in [0.15, 0.2) is 12.1 Å². The quantitative estimate of drug-likeness (QED) is 0.0334. The molecule has 0 saturated heterocycles. The Morgan fingerprint density at radius 3 is 1.73 bits per heavy atom. The van der Waals surface area contributed by atoms with E-state index >= 15 is 0 Å². The van der Waals surface area contributed by atoms with Crippen molar-refractivity contribution in [1.29, 1.82) is 0 Å². The molecule has 3 aromatic heterocycles. The lowest BCUT2D eigenvalue weighted by atomic mass is 10.0. The fourth-order valence-corrected chi connectivity index (χ4v) is 8.54. The van der Waals surface area contributed by atoms with Crippen LogP contribution in [0.4, 0.5) is 0 Å². The van der Waals surface area contributed by atoms with Gasteiger partial charge in [0.2, 0.25) is 0 Å². The van der Waals surface area contributed by atoms with Crippen LogP contribution in [-0.4, -0.2) is 96.5 Å². The summed E-state index contributed by atoms with van der Waals surface area (Å²) in [6.45, 7) is 0.436. The van der Waals surface area contributed by atoms with E-state index < -0.39 is 11.9 Å². The number of Topliss-reactive ketones (excluding diaryl/α,β-unsaturated/α-hetero) is 4. The van der Waals surface area contributed by atoms with E-state index in [1.807, 2.05) is 0 Å². The number of ketones is 4. The number of H-pyrrole nitrogens is 3. The number of aliphatic carboxylic acids is 2. The van der Waals surface area contributed by atoms with Crippen LogP contribution in [0, 0.1) is 0 Å². The lowest BCUT2D eigenvalue weighted by molar-refractivity contribution is -0.138. The van der Waals surface area contributed by atoms with Crippen LogP contribution < -0.4 is 5.73 Å². The number of aromatic nitrogens is 3. The molecule has 3 heterocycles. The third-order valence-corrected chi connectivity index (χ3v) is 11.9. The maximum Gasteiger partial charge on any atom is 0.303 e. The van der Waals surface area contributed by atoms with Crippen molar-refractivity contribution in [3.63, 3.8) is 0 Å². The van der Waals surface area contributed by atoms with Crippen LogP contribution in [0.3, 0.4) is 0 Å². The third-order valence-electron chi connectivity index (χ3n) is 11.9. The standard InChI is InChI=1S/C13H19NO2.C12H15NO3.C12H19NO.C7H10O2.C5H9NO3.CH4.ClH/c15-8-4-6-11-10-5-2-1-3-7-12(10)14-13(11)9-16;14-10-4-2-1-3-9-12(10)8(7-13-9)5-6-11(15)16;14-8-4-5-10-9-13-12-7-3-1-2-6-11(10)12;8-6-3-1-2-4-7(9)5-6;6-3-4(7)1-2-5(8)9;;/h9,14-15H,1-8H2;7,13H,1-6H2,(H,15,16);9,13-14H,1-8H2;1-5H2;1-3,6H2,(H,8,9);1H4;1H. The van der Waals surface area contributed by atoms with Crippen molar-refractivity contribution < 1.29 is 54.0 Å². The normalized spacial score (nSPS) is 15.2. The summed E-state index contributed by atoms with van der Waals surface area (Å²) in [7, 11) is 0. The highest BCUT2D eigenvalue weighted by Crippen LogP contribution is 2.28. The Balaban J connectivity index is 0.000000418. The van der Waals surface area contributed by atoms with Crippen molar-refractivity contribution in [1.82, 2.24) is 15.0 Å². The lowest BCUT2D eigenvalue weighted by Crippen LogP contribution is -2.14. The molecule has 1 fully saturated rings. The lowest BCUT2D eigenvalue weighted by Gasteiger charge is -2.03. The van der Waals surface area contributed by atoms with Crippen LogP contribution in [0.15, 0.2) is 12.4 Å². The third kappa shape index (κ3) is 21.3. The van der Waals surface area contributed by atoms with Crippen LogP contribution >= 0.6 is 12.4 Å². The van der Waals surface area contributed by atoms with Crippen molar-refractivity contribution >= 4 is 53.8 Å². The molecule has 0 amide bonds. The monoisotopic (exact) mass is 945 g/mol. The number of aliphatic hydroxyl groups is 2. The zero-order chi connectivity index (χ0) is 46.7. The zero-order valence-corrected chi connectivity index (χ0v) is 38.9. The van der Waals surface area contributed by atoms with Gasteiger partial charge in [0.25, 0.3) is 0 Å². The van der Waals surface area contributed by atoms with E-state index in [4.69, 9.17) is 26.2 Å². The minimum atomic E-state index is -0.961. The molecule has 0 aromatic carbocycles. The van der Waals surface area contributed by atoms with Gasteiger partial charge in [-0.2, -0.15) is 0 Å². The second-order valence-corrected chi connectivity index (χ2v) is 16.9. The Hall–Kier alpha value is -4.70. The minimum Gasteiger partial charge on any atom is -0.481 e. The summed E-state index contributed by atoms with van der Waals surface area (Å²) in [6, 6.07) is 0. The summed E-state index contributed by atoms with van der Waals surface area (Å²) in [5, 5.41) is 34.4. The van der Waals surface area contributed by atoms with Gasteiger partial charge in [-0.15, -0.1) is 12.4 Å². The summed E-state index contributed by atoms with van der Waals surface area (Å²) in [4.78, 5) is 84.6. The predicted octanol–water partition coefficient (Wildman–Crippen LogP) is 7.70. The highest BCUT2D eigenvalue weighted by Gasteiger charge is 2.22. The van der Waals surface area contributed by atoms with E-state index in [0.717, 1.165) is 105 Å². The second-order valence-electron chi connectivity index (χ2n) is 16.9. The van der Waals surface area contributed by atoms with Crippen molar-refractivity contribution in [3.05, 3.63) is 68.6 Å². The van der Waals surface area contributed by atoms with Crippen LogP contribution in [0.25, 0.3) is 0 Å². The average molecular weight is 946 g/mol. The van der Waals surface area contributed by atoms with E-state index in [-0.39, 0.29) is 81.8 Å². The van der Waals surface area contributed by atoms with Gasteiger partial charge in [-0.3, -0.25) is 33.6 Å². The van der Waals surface area contributed by atoms with Gasteiger partial charge in [0.1, 0.15) is 17.3 Å². The summed E-state index contributed by atoms with van der Waals surface area (Å²) in [5.74, 6) is -1.59. The van der Waals surface area contributed by atoms with Gasteiger partial charge in [0.05, 0.1) is 25.1 Å². The molecule has 9 N–H and O–H groups in total. The number of nitrogens with two attached hydrogens (primary N) is 1. The molecule has 15 nitrogen and oxygen atoms in total. The first kappa shape index (κ1) is 59.3. The molecule has 4 aliphatic rings. The Morgan fingerprint density at radius 1 is 0.606 bits per heavy atom. The van der Waals surface area contributed by atoms with Gasteiger partial charge >= 0.3 is 11.9 Å². The summed E-state index contributed by atoms with van der Waals surface area (Å²) >= 11 is 0. The van der Waals surface area contributed by atoms with E-state index in [0.29, 0.717) is 32.3 Å². The number of aldehydes is 1. The molecule has 370 valence electrons. The number of fused-ring (bicyclic) bond motifs is 3. The van der Waals surface area contributed by atoms with Crippen LogP contribution in [0.2, 0.25) is 0 Å².